The van der Waals surface area contributed by atoms with Crippen molar-refractivity contribution in [2.75, 3.05) is 23.7 Å². The highest BCUT2D eigenvalue weighted by Gasteiger charge is 2.33. The predicted molar refractivity (Wildman–Crippen MR) is 184 cm³/mol. The maximum atomic E-state index is 13.7. The Morgan fingerprint density at radius 1 is 1.00 bits per heavy atom. The number of carboxylic acid groups (broad SMARTS) is 1. The van der Waals surface area contributed by atoms with Crippen molar-refractivity contribution in [3.05, 3.63) is 88.7 Å². The third kappa shape index (κ3) is 8.80. The number of sulfonamides is 1. The molecule has 0 unspecified atom stereocenters. The molecule has 0 saturated heterocycles. The molecule has 0 spiro atoms. The first kappa shape index (κ1) is 35.5. The van der Waals surface area contributed by atoms with E-state index in [2.05, 4.69) is 5.32 Å². The highest BCUT2D eigenvalue weighted by molar-refractivity contribution is 7.92. The lowest BCUT2D eigenvalue weighted by atomic mass is 9.97. The molecule has 4 aromatic rings. The molecule has 1 aliphatic rings. The third-order valence-electron chi connectivity index (χ3n) is 8.54. The fraction of sp³-hybridized carbons (Fsp3) is 0.351. The number of ketones is 2. The Hall–Kier alpha value is -4.84. The van der Waals surface area contributed by atoms with Crippen molar-refractivity contribution in [3.63, 3.8) is 0 Å². The van der Waals surface area contributed by atoms with Gasteiger partial charge in [-0.2, -0.15) is 0 Å². The first-order valence-corrected chi connectivity index (χ1v) is 18.2. The molecule has 1 aromatic heterocycles. The fourth-order valence-electron chi connectivity index (χ4n) is 5.91. The monoisotopic (exact) mass is 690 g/mol. The number of hydrogen-bond acceptors (Lipinski definition) is 7. The standard InChI is InChI=1S/C37H39FN2O8S/c1-3-32(42)35-30-20-29(24-12-13-24)31(21-33(30)48-36(35)25-14-16-27(38)17-15-25)40(49(2,46)47)18-6-10-28(41)22-39-37(45)26-9-4-7-23(19-26)8-5-11-34(43)44/h4,7,9,14-17,19-21,24H,3,5-6,8,10-13,18,22H2,1-2H3,(H,39,45)(H,43,44). The van der Waals surface area contributed by atoms with Gasteiger partial charge in [0, 0.05) is 48.4 Å². The molecule has 258 valence electrons. The van der Waals surface area contributed by atoms with Crippen LogP contribution in [0.5, 0.6) is 0 Å². The van der Waals surface area contributed by atoms with E-state index in [0.29, 0.717) is 51.9 Å². The minimum absolute atomic E-state index is 0.00834. The molecule has 1 heterocycles. The Morgan fingerprint density at radius 3 is 2.39 bits per heavy atom. The SMILES string of the molecule is CCC(=O)c1c(-c2ccc(F)cc2)oc2cc(N(CCCC(=O)CNC(=O)c3cccc(CCCC(=O)O)c3)S(C)(=O)=O)c(C3CC3)cc12. The van der Waals surface area contributed by atoms with Crippen LogP contribution in [0.4, 0.5) is 10.1 Å². The number of nitrogens with zero attached hydrogens (tertiary/aromatic N) is 1. The van der Waals surface area contributed by atoms with Crippen LogP contribution in [-0.4, -0.2) is 56.3 Å². The van der Waals surface area contributed by atoms with Gasteiger partial charge in [0.15, 0.2) is 11.6 Å². The summed E-state index contributed by atoms with van der Waals surface area (Å²) in [6, 6.07) is 15.9. The van der Waals surface area contributed by atoms with Crippen LogP contribution in [0.1, 0.15) is 89.6 Å². The maximum absolute atomic E-state index is 13.7. The van der Waals surface area contributed by atoms with Crippen LogP contribution >= 0.6 is 0 Å². The Bertz CT molecular complexity index is 2000. The van der Waals surface area contributed by atoms with Gasteiger partial charge in [-0.1, -0.05) is 19.1 Å². The molecule has 0 bridgehead atoms. The number of carbonyl (C=O) groups is 4. The number of anilines is 1. The van der Waals surface area contributed by atoms with Gasteiger partial charge in [-0.25, -0.2) is 12.8 Å². The van der Waals surface area contributed by atoms with Crippen molar-refractivity contribution >= 4 is 50.1 Å². The molecule has 0 aliphatic heterocycles. The van der Waals surface area contributed by atoms with Crippen molar-refractivity contribution in [1.82, 2.24) is 5.32 Å². The maximum Gasteiger partial charge on any atom is 0.303 e. The second-order valence-electron chi connectivity index (χ2n) is 12.4. The Morgan fingerprint density at radius 2 is 1.73 bits per heavy atom. The fourth-order valence-corrected chi connectivity index (χ4v) is 6.89. The van der Waals surface area contributed by atoms with E-state index in [-0.39, 0.29) is 56.3 Å². The van der Waals surface area contributed by atoms with Crippen molar-refractivity contribution in [2.45, 2.75) is 64.2 Å². The summed E-state index contributed by atoms with van der Waals surface area (Å²) in [4.78, 5) is 49.4. The number of fused-ring (bicyclic) bond motifs is 1. The Labute approximate surface area is 284 Å². The van der Waals surface area contributed by atoms with E-state index in [0.717, 1.165) is 30.2 Å². The molecule has 1 saturated carbocycles. The highest BCUT2D eigenvalue weighted by Crippen LogP contribution is 2.48. The first-order valence-electron chi connectivity index (χ1n) is 16.3. The number of aryl methyl sites for hydroxylation is 1. The van der Waals surface area contributed by atoms with Crippen LogP contribution in [0.2, 0.25) is 0 Å². The largest absolute Gasteiger partial charge is 0.481 e. The van der Waals surface area contributed by atoms with Crippen LogP contribution in [0.3, 0.4) is 0 Å². The summed E-state index contributed by atoms with van der Waals surface area (Å²) in [5, 5.41) is 12.0. The van der Waals surface area contributed by atoms with Gasteiger partial charge in [0.05, 0.1) is 24.1 Å². The molecule has 1 amide bonds. The number of rotatable bonds is 17. The van der Waals surface area contributed by atoms with Crippen LogP contribution in [0.15, 0.2) is 65.1 Å². The second kappa shape index (κ2) is 15.1. The number of carbonyl (C=O) groups excluding carboxylic acids is 3. The van der Waals surface area contributed by atoms with E-state index in [1.54, 1.807) is 31.2 Å². The average molecular weight is 691 g/mol. The van der Waals surface area contributed by atoms with E-state index < -0.39 is 27.7 Å². The molecule has 10 nitrogen and oxygen atoms in total. The number of carboxylic acids is 1. The molecule has 3 aromatic carbocycles. The molecule has 5 rings (SSSR count). The molecule has 1 fully saturated rings. The molecular formula is C37H39FN2O8S. The normalized spacial score (nSPS) is 13.0. The summed E-state index contributed by atoms with van der Waals surface area (Å²) in [6.45, 7) is 1.52. The quantitative estimate of drug-likeness (QED) is 0.117. The molecule has 1 aliphatic carbocycles. The Balaban J connectivity index is 1.31. The Kier molecular flexibility index (Phi) is 11.0. The number of furan rings is 1. The van der Waals surface area contributed by atoms with E-state index >= 15 is 0 Å². The van der Waals surface area contributed by atoms with Gasteiger partial charge in [-0.05, 0) is 91.6 Å². The van der Waals surface area contributed by atoms with Gasteiger partial charge in [0.2, 0.25) is 10.0 Å². The zero-order chi connectivity index (χ0) is 35.3. The summed E-state index contributed by atoms with van der Waals surface area (Å²) in [6.07, 6.45) is 4.23. The van der Waals surface area contributed by atoms with Crippen molar-refractivity contribution < 1.29 is 41.5 Å². The first-order chi connectivity index (χ1) is 23.3. The van der Waals surface area contributed by atoms with Gasteiger partial charge < -0.3 is 14.8 Å². The van der Waals surface area contributed by atoms with Gasteiger partial charge >= 0.3 is 5.97 Å². The number of aliphatic carboxylic acids is 1. The lowest BCUT2D eigenvalue weighted by Gasteiger charge is -2.25. The average Bonchev–Trinajstić information content (AvgIpc) is 3.84. The van der Waals surface area contributed by atoms with E-state index in [4.69, 9.17) is 9.52 Å². The highest BCUT2D eigenvalue weighted by atomic mass is 32.2. The molecule has 2 N–H and O–H groups in total. The number of amides is 1. The zero-order valence-corrected chi connectivity index (χ0v) is 28.3. The van der Waals surface area contributed by atoms with Crippen LogP contribution in [-0.2, 0) is 26.0 Å². The summed E-state index contributed by atoms with van der Waals surface area (Å²) >= 11 is 0. The van der Waals surface area contributed by atoms with Crippen LogP contribution in [0.25, 0.3) is 22.3 Å². The zero-order valence-electron chi connectivity index (χ0n) is 27.5. The molecule has 49 heavy (non-hydrogen) atoms. The van der Waals surface area contributed by atoms with Crippen molar-refractivity contribution in [3.8, 4) is 11.3 Å². The van der Waals surface area contributed by atoms with Gasteiger partial charge in [0.1, 0.15) is 17.2 Å². The van der Waals surface area contributed by atoms with Gasteiger partial charge in [-0.3, -0.25) is 23.5 Å². The van der Waals surface area contributed by atoms with E-state index in [1.807, 2.05) is 12.1 Å². The van der Waals surface area contributed by atoms with Crippen molar-refractivity contribution in [2.24, 2.45) is 0 Å². The second-order valence-corrected chi connectivity index (χ2v) is 14.3. The topological polar surface area (TPSA) is 151 Å². The number of halogens is 1. The lowest BCUT2D eigenvalue weighted by molar-refractivity contribution is -0.137. The smallest absolute Gasteiger partial charge is 0.303 e. The minimum Gasteiger partial charge on any atom is -0.481 e. The summed E-state index contributed by atoms with van der Waals surface area (Å²) < 4.78 is 47.5. The minimum atomic E-state index is -3.80. The molecular weight excluding hydrogens is 651 g/mol. The van der Waals surface area contributed by atoms with E-state index in [1.165, 1.54) is 28.6 Å². The molecule has 0 atom stereocenters. The number of benzene rings is 3. The van der Waals surface area contributed by atoms with E-state index in [9.17, 15) is 32.0 Å². The third-order valence-corrected chi connectivity index (χ3v) is 9.72. The van der Waals surface area contributed by atoms with Gasteiger partial charge in [0.25, 0.3) is 5.91 Å². The summed E-state index contributed by atoms with van der Waals surface area (Å²) in [5.74, 6) is -1.77. The van der Waals surface area contributed by atoms with Crippen LogP contribution in [0, 0.1) is 5.82 Å². The summed E-state index contributed by atoms with van der Waals surface area (Å²) in [7, 11) is -3.80. The predicted octanol–water partition coefficient (Wildman–Crippen LogP) is 6.66. The summed E-state index contributed by atoms with van der Waals surface area (Å²) in [5.41, 5.74) is 3.61. The van der Waals surface area contributed by atoms with Crippen molar-refractivity contribution in [1.29, 1.82) is 0 Å². The van der Waals surface area contributed by atoms with Crippen LogP contribution < -0.4 is 9.62 Å². The molecule has 12 heteroatoms. The number of hydrogen-bond donors (Lipinski definition) is 2. The number of Topliss-reactive ketones (excluding diaryl/α,β-unsaturated/α-hetero) is 2. The lowest BCUT2D eigenvalue weighted by Crippen LogP contribution is -2.33. The number of nitrogens with one attached hydrogen (secondary N) is 1. The molecule has 0 radical (unpaired) electrons. The van der Waals surface area contributed by atoms with Gasteiger partial charge in [-0.15, -0.1) is 0 Å².